The highest BCUT2D eigenvalue weighted by Gasteiger charge is 2.23. The van der Waals surface area contributed by atoms with Crippen LogP contribution in [0.15, 0.2) is 0 Å². The van der Waals surface area contributed by atoms with E-state index in [1.54, 1.807) is 0 Å². The second-order valence-electron chi connectivity index (χ2n) is 5.81. The molecule has 0 heterocycles. The third-order valence-electron chi connectivity index (χ3n) is 4.00. The summed E-state index contributed by atoms with van der Waals surface area (Å²) in [6.07, 6.45) is 8.29. The minimum Gasteiger partial charge on any atom is -0.481 e. The molecule has 0 atom stereocenters. The normalized spacial score (nSPS) is 23.0. The molecular weight excluding hydrogens is 242 g/mol. The summed E-state index contributed by atoms with van der Waals surface area (Å²) in [6.45, 7) is 2.99. The van der Waals surface area contributed by atoms with Gasteiger partial charge < -0.3 is 10.4 Å². The Bertz CT molecular complexity index is 283. The summed E-state index contributed by atoms with van der Waals surface area (Å²) in [4.78, 5) is 22.2. The number of hydrogen-bond donors (Lipinski definition) is 2. The highest BCUT2D eigenvalue weighted by atomic mass is 16.4. The molecule has 0 bridgehead atoms. The molecule has 0 aromatic carbocycles. The SMILES string of the molecule is CC1CCC(C(=O)NCCCCCCC(=O)O)CC1. The number of amides is 1. The molecule has 19 heavy (non-hydrogen) atoms. The lowest BCUT2D eigenvalue weighted by Gasteiger charge is -2.25. The Balaban J connectivity index is 1.97. The number of carbonyl (C=O) groups is 2. The fourth-order valence-electron chi connectivity index (χ4n) is 2.63. The van der Waals surface area contributed by atoms with Gasteiger partial charge in [-0.1, -0.05) is 19.8 Å². The standard InChI is InChI=1S/C15H27NO3/c1-12-7-9-13(10-8-12)15(19)16-11-5-3-2-4-6-14(17)18/h12-13H,2-11H2,1H3,(H,16,19)(H,17,18). The third kappa shape index (κ3) is 7.19. The molecule has 1 fully saturated rings. The van der Waals surface area contributed by atoms with Crippen molar-refractivity contribution in [2.45, 2.75) is 64.7 Å². The first-order valence-corrected chi connectivity index (χ1v) is 7.59. The van der Waals surface area contributed by atoms with E-state index in [4.69, 9.17) is 5.11 Å². The number of unbranched alkanes of at least 4 members (excludes halogenated alkanes) is 3. The lowest BCUT2D eigenvalue weighted by atomic mass is 9.82. The van der Waals surface area contributed by atoms with Crippen LogP contribution in [0.2, 0.25) is 0 Å². The van der Waals surface area contributed by atoms with Gasteiger partial charge in [0.25, 0.3) is 0 Å². The zero-order valence-corrected chi connectivity index (χ0v) is 12.0. The monoisotopic (exact) mass is 269 g/mol. The van der Waals surface area contributed by atoms with Crippen molar-refractivity contribution in [1.82, 2.24) is 5.32 Å². The average Bonchev–Trinajstić information content (AvgIpc) is 2.38. The van der Waals surface area contributed by atoms with Gasteiger partial charge in [0.2, 0.25) is 5.91 Å². The fourth-order valence-corrected chi connectivity index (χ4v) is 2.63. The van der Waals surface area contributed by atoms with Crippen LogP contribution in [-0.4, -0.2) is 23.5 Å². The molecule has 1 saturated carbocycles. The molecule has 2 N–H and O–H groups in total. The summed E-state index contributed by atoms with van der Waals surface area (Å²) in [5, 5.41) is 11.5. The van der Waals surface area contributed by atoms with Crippen LogP contribution in [0.3, 0.4) is 0 Å². The predicted octanol–water partition coefficient (Wildman–Crippen LogP) is 2.96. The van der Waals surface area contributed by atoms with Gasteiger partial charge in [-0.25, -0.2) is 0 Å². The van der Waals surface area contributed by atoms with E-state index in [1.807, 2.05) is 0 Å². The van der Waals surface area contributed by atoms with Gasteiger partial charge in [-0.2, -0.15) is 0 Å². The average molecular weight is 269 g/mol. The summed E-state index contributed by atoms with van der Waals surface area (Å²) < 4.78 is 0. The molecule has 4 nitrogen and oxygen atoms in total. The Hall–Kier alpha value is -1.06. The van der Waals surface area contributed by atoms with Crippen molar-refractivity contribution in [2.75, 3.05) is 6.54 Å². The van der Waals surface area contributed by atoms with Crippen molar-refractivity contribution in [1.29, 1.82) is 0 Å². The smallest absolute Gasteiger partial charge is 0.303 e. The number of rotatable bonds is 8. The van der Waals surface area contributed by atoms with E-state index in [-0.39, 0.29) is 18.2 Å². The maximum atomic E-state index is 11.9. The largest absolute Gasteiger partial charge is 0.481 e. The van der Waals surface area contributed by atoms with Gasteiger partial charge in [0, 0.05) is 18.9 Å². The molecule has 1 rings (SSSR count). The van der Waals surface area contributed by atoms with Gasteiger partial charge in [-0.05, 0) is 44.4 Å². The van der Waals surface area contributed by atoms with Gasteiger partial charge in [0.15, 0.2) is 0 Å². The Labute approximate surface area is 116 Å². The second kappa shape index (κ2) is 8.94. The minimum absolute atomic E-state index is 0.220. The van der Waals surface area contributed by atoms with Crippen molar-refractivity contribution in [3.05, 3.63) is 0 Å². The van der Waals surface area contributed by atoms with Gasteiger partial charge in [-0.3, -0.25) is 9.59 Å². The molecular formula is C15H27NO3. The van der Waals surface area contributed by atoms with Crippen LogP contribution in [0, 0.1) is 11.8 Å². The van der Waals surface area contributed by atoms with Crippen LogP contribution >= 0.6 is 0 Å². The zero-order valence-electron chi connectivity index (χ0n) is 12.0. The summed E-state index contributed by atoms with van der Waals surface area (Å²) in [7, 11) is 0. The lowest BCUT2D eigenvalue weighted by Crippen LogP contribution is -2.33. The lowest BCUT2D eigenvalue weighted by molar-refractivity contribution is -0.137. The van der Waals surface area contributed by atoms with Crippen molar-refractivity contribution >= 4 is 11.9 Å². The van der Waals surface area contributed by atoms with E-state index in [0.717, 1.165) is 51.0 Å². The van der Waals surface area contributed by atoms with E-state index in [9.17, 15) is 9.59 Å². The molecule has 0 aliphatic heterocycles. The third-order valence-corrected chi connectivity index (χ3v) is 4.00. The van der Waals surface area contributed by atoms with E-state index in [0.29, 0.717) is 0 Å². The van der Waals surface area contributed by atoms with Gasteiger partial charge in [0.05, 0.1) is 0 Å². The van der Waals surface area contributed by atoms with E-state index >= 15 is 0 Å². The van der Waals surface area contributed by atoms with E-state index < -0.39 is 5.97 Å². The first kappa shape index (κ1) is 16.0. The molecule has 0 spiro atoms. The Morgan fingerprint density at radius 2 is 1.68 bits per heavy atom. The van der Waals surface area contributed by atoms with Crippen molar-refractivity contribution in [2.24, 2.45) is 11.8 Å². The molecule has 110 valence electrons. The van der Waals surface area contributed by atoms with Crippen LogP contribution < -0.4 is 5.32 Å². The molecule has 0 aromatic heterocycles. The molecule has 0 unspecified atom stereocenters. The van der Waals surface area contributed by atoms with E-state index in [2.05, 4.69) is 12.2 Å². The first-order valence-electron chi connectivity index (χ1n) is 7.59. The number of aliphatic carboxylic acids is 1. The molecule has 1 aliphatic rings. The summed E-state index contributed by atoms with van der Waals surface area (Å²) in [5.41, 5.74) is 0. The maximum absolute atomic E-state index is 11.9. The first-order chi connectivity index (χ1) is 9.09. The van der Waals surface area contributed by atoms with Gasteiger partial charge in [-0.15, -0.1) is 0 Å². The number of carboxylic acids is 1. The molecule has 1 aliphatic carbocycles. The van der Waals surface area contributed by atoms with Gasteiger partial charge in [0.1, 0.15) is 0 Å². The highest BCUT2D eigenvalue weighted by Crippen LogP contribution is 2.28. The second-order valence-corrected chi connectivity index (χ2v) is 5.81. The van der Waals surface area contributed by atoms with Crippen LogP contribution in [-0.2, 0) is 9.59 Å². The van der Waals surface area contributed by atoms with Crippen molar-refractivity contribution < 1.29 is 14.7 Å². The zero-order chi connectivity index (χ0) is 14.1. The number of hydrogen-bond acceptors (Lipinski definition) is 2. The van der Waals surface area contributed by atoms with Crippen LogP contribution in [0.1, 0.15) is 64.7 Å². The number of carbonyl (C=O) groups excluding carboxylic acids is 1. The van der Waals surface area contributed by atoms with Crippen LogP contribution in [0.25, 0.3) is 0 Å². The summed E-state index contributed by atoms with van der Waals surface area (Å²) in [5.74, 6) is 0.499. The molecule has 0 radical (unpaired) electrons. The van der Waals surface area contributed by atoms with Crippen LogP contribution in [0.4, 0.5) is 0 Å². The van der Waals surface area contributed by atoms with Crippen molar-refractivity contribution in [3.8, 4) is 0 Å². The Kier molecular flexibility index (Phi) is 7.53. The molecule has 0 saturated heterocycles. The van der Waals surface area contributed by atoms with Gasteiger partial charge >= 0.3 is 5.97 Å². The Morgan fingerprint density at radius 1 is 1.05 bits per heavy atom. The van der Waals surface area contributed by atoms with Crippen molar-refractivity contribution in [3.63, 3.8) is 0 Å². The quantitative estimate of drug-likeness (QED) is 0.666. The highest BCUT2D eigenvalue weighted by molar-refractivity contribution is 5.78. The fraction of sp³-hybridized carbons (Fsp3) is 0.867. The predicted molar refractivity (Wildman–Crippen MR) is 74.9 cm³/mol. The molecule has 0 aromatic rings. The summed E-state index contributed by atoms with van der Waals surface area (Å²) >= 11 is 0. The maximum Gasteiger partial charge on any atom is 0.303 e. The minimum atomic E-state index is -0.722. The summed E-state index contributed by atoms with van der Waals surface area (Å²) in [6, 6.07) is 0. The number of carboxylic acid groups (broad SMARTS) is 1. The topological polar surface area (TPSA) is 66.4 Å². The number of nitrogens with one attached hydrogen (secondary N) is 1. The Morgan fingerprint density at radius 3 is 2.32 bits per heavy atom. The molecule has 1 amide bonds. The molecule has 4 heteroatoms. The van der Waals surface area contributed by atoms with Crippen LogP contribution in [0.5, 0.6) is 0 Å². The van der Waals surface area contributed by atoms with E-state index in [1.165, 1.54) is 12.8 Å².